The number of hydrogen-bond acceptors (Lipinski definition) is 3. The van der Waals surface area contributed by atoms with Crippen LogP contribution in [0.5, 0.6) is 0 Å². The third-order valence-electron chi connectivity index (χ3n) is 1.67. The molecule has 0 unspecified atom stereocenters. The smallest absolute Gasteiger partial charge is 0.338 e. The van der Waals surface area contributed by atoms with Crippen molar-refractivity contribution in [3.8, 4) is 0 Å². The van der Waals surface area contributed by atoms with Crippen molar-refractivity contribution >= 4 is 23.3 Å². The van der Waals surface area contributed by atoms with Gasteiger partial charge in [-0.05, 0) is 13.0 Å². The number of aryl methyl sites for hydroxylation is 1. The fraction of sp³-hybridized carbons (Fsp3) is 0.222. The second kappa shape index (κ2) is 4.07. The van der Waals surface area contributed by atoms with Crippen LogP contribution in [-0.2, 0) is 4.74 Å². The summed E-state index contributed by atoms with van der Waals surface area (Å²) in [6, 6.07) is 1.38. The molecule has 0 fully saturated rings. The molecule has 0 bridgehead atoms. The molecule has 0 aromatic carbocycles. The van der Waals surface area contributed by atoms with Crippen LogP contribution in [0.15, 0.2) is 6.07 Å². The van der Waals surface area contributed by atoms with Gasteiger partial charge in [-0.2, -0.15) is 0 Å². The van der Waals surface area contributed by atoms with Crippen LogP contribution in [0.3, 0.4) is 0 Å². The highest BCUT2D eigenvalue weighted by Gasteiger charge is 2.13. The first kappa shape index (κ1) is 10.5. The van der Waals surface area contributed by atoms with Crippen LogP contribution in [0.1, 0.15) is 16.1 Å². The molecule has 0 saturated heterocycles. The molecule has 0 aliphatic carbocycles. The lowest BCUT2D eigenvalue weighted by atomic mass is 10.2. The number of methoxy groups -OCH3 is 1. The number of carbonyl (C=O) groups excluding carboxylic acids is 1. The second-order valence-corrected chi connectivity index (χ2v) is 2.89. The van der Waals surface area contributed by atoms with Crippen LogP contribution >= 0.6 is 11.6 Å². The highest BCUT2D eigenvalue weighted by atomic mass is 35.5. The summed E-state index contributed by atoms with van der Waals surface area (Å²) in [7, 11) is 1.27. The lowest BCUT2D eigenvalue weighted by Gasteiger charge is -2.04. The van der Waals surface area contributed by atoms with E-state index >= 15 is 0 Å². The fourth-order valence-electron chi connectivity index (χ4n) is 0.960. The predicted molar refractivity (Wildman–Crippen MR) is 51.6 cm³/mol. The summed E-state index contributed by atoms with van der Waals surface area (Å²) in [4.78, 5) is 18.2. The largest absolute Gasteiger partial charge is 0.465 e. The van der Waals surface area contributed by atoms with Gasteiger partial charge in [0.05, 0.1) is 24.9 Å². The van der Waals surface area contributed by atoms with E-state index in [0.717, 1.165) is 0 Å². The zero-order valence-corrected chi connectivity index (χ0v) is 8.42. The summed E-state index contributed by atoms with van der Waals surface area (Å²) in [5.74, 6) is -0.517. The van der Waals surface area contributed by atoms with Gasteiger partial charge in [-0.25, -0.2) is 9.64 Å². The SMILES string of the molecule is [C-]#[N+]c1cc(C(=O)OC)c(C)nc1Cl. The van der Waals surface area contributed by atoms with Crippen molar-refractivity contribution in [2.24, 2.45) is 0 Å². The molecule has 14 heavy (non-hydrogen) atoms. The van der Waals surface area contributed by atoms with Crippen molar-refractivity contribution in [3.63, 3.8) is 0 Å². The molecule has 0 aliphatic rings. The number of ether oxygens (including phenoxy) is 1. The maximum absolute atomic E-state index is 11.2. The van der Waals surface area contributed by atoms with Crippen LogP contribution in [-0.4, -0.2) is 18.1 Å². The normalized spacial score (nSPS) is 9.29. The summed E-state index contributed by atoms with van der Waals surface area (Å²) in [6.45, 7) is 8.43. The topological polar surface area (TPSA) is 43.5 Å². The number of carbonyl (C=O) groups is 1. The minimum atomic E-state index is -0.517. The summed E-state index contributed by atoms with van der Waals surface area (Å²) >= 11 is 5.67. The molecule has 1 aromatic rings. The molecule has 1 aromatic heterocycles. The molecule has 1 rings (SSSR count). The average Bonchev–Trinajstić information content (AvgIpc) is 2.17. The van der Waals surface area contributed by atoms with Gasteiger partial charge in [-0.15, -0.1) is 0 Å². The van der Waals surface area contributed by atoms with Crippen LogP contribution in [0.4, 0.5) is 5.69 Å². The van der Waals surface area contributed by atoms with Crippen LogP contribution in [0.2, 0.25) is 5.15 Å². The van der Waals surface area contributed by atoms with Crippen molar-refractivity contribution in [1.29, 1.82) is 0 Å². The maximum Gasteiger partial charge on any atom is 0.338 e. The molecule has 0 spiro atoms. The molecule has 0 amide bonds. The van der Waals surface area contributed by atoms with Crippen LogP contribution < -0.4 is 0 Å². The van der Waals surface area contributed by atoms with Gasteiger partial charge in [0.2, 0.25) is 5.69 Å². The van der Waals surface area contributed by atoms with Crippen molar-refractivity contribution < 1.29 is 9.53 Å². The Balaban J connectivity index is 3.33. The average molecular weight is 211 g/mol. The van der Waals surface area contributed by atoms with E-state index in [2.05, 4.69) is 14.6 Å². The Morgan fingerprint density at radius 2 is 2.36 bits per heavy atom. The lowest BCUT2D eigenvalue weighted by molar-refractivity contribution is 0.0599. The molecule has 0 N–H and O–H groups in total. The monoisotopic (exact) mass is 210 g/mol. The minimum absolute atomic E-state index is 0.102. The van der Waals surface area contributed by atoms with Crippen molar-refractivity contribution in [2.45, 2.75) is 6.92 Å². The van der Waals surface area contributed by atoms with E-state index in [1.807, 2.05) is 0 Å². The van der Waals surface area contributed by atoms with Crippen LogP contribution in [0.25, 0.3) is 4.85 Å². The van der Waals surface area contributed by atoms with Gasteiger partial charge in [0.25, 0.3) is 0 Å². The molecular formula is C9H7ClN2O2. The highest BCUT2D eigenvalue weighted by molar-refractivity contribution is 6.32. The van der Waals surface area contributed by atoms with Crippen molar-refractivity contribution in [1.82, 2.24) is 4.98 Å². The first-order valence-electron chi connectivity index (χ1n) is 3.73. The Kier molecular flexibility index (Phi) is 3.05. The first-order valence-corrected chi connectivity index (χ1v) is 4.11. The Morgan fingerprint density at radius 3 is 2.86 bits per heavy atom. The molecular weight excluding hydrogens is 204 g/mol. The Labute approximate surface area is 86.3 Å². The molecule has 1 heterocycles. The van der Waals surface area contributed by atoms with Gasteiger partial charge in [0.1, 0.15) is 5.15 Å². The van der Waals surface area contributed by atoms with Gasteiger partial charge in [-0.3, -0.25) is 4.98 Å². The van der Waals surface area contributed by atoms with Crippen molar-refractivity contribution in [2.75, 3.05) is 7.11 Å². The Hall–Kier alpha value is -1.60. The number of rotatable bonds is 1. The number of pyridine rings is 1. The van der Waals surface area contributed by atoms with Gasteiger partial charge in [0.15, 0.2) is 0 Å². The number of hydrogen-bond donors (Lipinski definition) is 0. The lowest BCUT2D eigenvalue weighted by Crippen LogP contribution is -2.05. The summed E-state index contributed by atoms with van der Waals surface area (Å²) in [6.07, 6.45) is 0. The Bertz CT molecular complexity index is 424. The van der Waals surface area contributed by atoms with Gasteiger partial charge < -0.3 is 4.74 Å². The number of nitrogens with zero attached hydrogens (tertiary/aromatic N) is 2. The zero-order chi connectivity index (χ0) is 10.7. The second-order valence-electron chi connectivity index (χ2n) is 2.53. The van der Waals surface area contributed by atoms with Gasteiger partial charge in [-0.1, -0.05) is 11.6 Å². The summed E-state index contributed by atoms with van der Waals surface area (Å²) < 4.78 is 4.53. The summed E-state index contributed by atoms with van der Waals surface area (Å²) in [5.41, 5.74) is 0.870. The predicted octanol–water partition coefficient (Wildman–Crippen LogP) is 2.38. The van der Waals surface area contributed by atoms with E-state index in [9.17, 15) is 4.79 Å². The summed E-state index contributed by atoms with van der Waals surface area (Å²) in [5, 5.41) is 0.102. The standard InChI is InChI=1S/C9H7ClN2O2/c1-5-6(9(13)14-3)4-7(11-2)8(10)12-5/h4H,1,3H3. The molecule has 72 valence electrons. The van der Waals surface area contributed by atoms with E-state index in [1.165, 1.54) is 13.2 Å². The van der Waals surface area contributed by atoms with E-state index < -0.39 is 5.97 Å². The van der Waals surface area contributed by atoms with E-state index in [4.69, 9.17) is 18.2 Å². The van der Waals surface area contributed by atoms with Gasteiger partial charge in [0, 0.05) is 0 Å². The molecule has 0 aliphatic heterocycles. The molecule has 4 nitrogen and oxygen atoms in total. The molecule has 0 atom stereocenters. The van der Waals surface area contributed by atoms with Crippen molar-refractivity contribution in [3.05, 3.63) is 33.9 Å². The first-order chi connectivity index (χ1) is 6.60. The number of esters is 1. The van der Waals surface area contributed by atoms with E-state index in [1.54, 1.807) is 6.92 Å². The van der Waals surface area contributed by atoms with E-state index in [0.29, 0.717) is 5.69 Å². The highest BCUT2D eigenvalue weighted by Crippen LogP contribution is 2.25. The molecule has 5 heteroatoms. The number of aromatic nitrogens is 1. The van der Waals surface area contributed by atoms with Crippen LogP contribution in [0, 0.1) is 13.5 Å². The quantitative estimate of drug-likeness (QED) is 0.406. The third kappa shape index (κ3) is 1.83. The molecule has 0 saturated carbocycles. The Morgan fingerprint density at radius 1 is 1.71 bits per heavy atom. The zero-order valence-electron chi connectivity index (χ0n) is 7.67. The maximum atomic E-state index is 11.2. The molecule has 0 radical (unpaired) electrons. The minimum Gasteiger partial charge on any atom is -0.465 e. The number of halogens is 1. The fourth-order valence-corrected chi connectivity index (χ4v) is 1.18. The van der Waals surface area contributed by atoms with E-state index in [-0.39, 0.29) is 16.4 Å². The third-order valence-corrected chi connectivity index (χ3v) is 1.95. The van der Waals surface area contributed by atoms with Gasteiger partial charge >= 0.3 is 5.97 Å².